The van der Waals surface area contributed by atoms with Crippen LogP contribution in [0, 0.1) is 0 Å². The first-order valence-corrected chi connectivity index (χ1v) is 7.93. The van der Waals surface area contributed by atoms with Crippen LogP contribution in [0.4, 0.5) is 0 Å². The third-order valence-corrected chi connectivity index (χ3v) is 4.37. The summed E-state index contributed by atoms with van der Waals surface area (Å²) >= 11 is 5.45. The fourth-order valence-electron chi connectivity index (χ4n) is 2.11. The maximum atomic E-state index is 6.14. The first-order chi connectivity index (χ1) is 8.20. The fraction of sp³-hybridized carbons (Fsp3) is 0.538. The predicted molar refractivity (Wildman–Crippen MR) is 78.0 cm³/mol. The van der Waals surface area contributed by atoms with E-state index in [9.17, 15) is 0 Å². The fourth-order valence-corrected chi connectivity index (χ4v) is 3.32. The molecule has 94 valence electrons. The molecule has 0 amide bonds. The lowest BCUT2D eigenvalue weighted by Gasteiger charge is -2.14. The third kappa shape index (κ3) is 3.39. The van der Waals surface area contributed by atoms with Gasteiger partial charge in [0.25, 0.3) is 0 Å². The van der Waals surface area contributed by atoms with E-state index < -0.39 is 0 Å². The number of hydrogen-bond donors (Lipinski definition) is 1. The van der Waals surface area contributed by atoms with Crippen LogP contribution in [0.5, 0.6) is 5.75 Å². The minimum absolute atomic E-state index is 0.211. The molecule has 0 bridgehead atoms. The van der Waals surface area contributed by atoms with Crippen LogP contribution in [0.1, 0.15) is 18.1 Å². The first-order valence-electron chi connectivity index (χ1n) is 5.98. The molecule has 0 spiro atoms. The Morgan fingerprint density at radius 1 is 1.53 bits per heavy atom. The Morgan fingerprint density at radius 2 is 2.35 bits per heavy atom. The number of fused-ring (bicyclic) bond motifs is 1. The van der Waals surface area contributed by atoms with Crippen molar-refractivity contribution in [1.29, 1.82) is 0 Å². The van der Waals surface area contributed by atoms with Gasteiger partial charge in [-0.3, -0.25) is 0 Å². The average molecular weight is 316 g/mol. The van der Waals surface area contributed by atoms with Crippen molar-refractivity contribution in [2.24, 2.45) is 5.73 Å². The van der Waals surface area contributed by atoms with Crippen molar-refractivity contribution in [1.82, 2.24) is 0 Å². The highest BCUT2D eigenvalue weighted by Gasteiger charge is 2.18. The Morgan fingerprint density at radius 3 is 3.12 bits per heavy atom. The molecule has 0 aliphatic carbocycles. The standard InChI is InChI=1S/C13H18BrNOS/c1-2-17-8-12(15)7-10-6-11(14)5-9-3-4-16-13(9)10/h5-6,12H,2-4,7-8,15H2,1H3. The van der Waals surface area contributed by atoms with Crippen molar-refractivity contribution in [3.63, 3.8) is 0 Å². The summed E-state index contributed by atoms with van der Waals surface area (Å²) in [6, 6.07) is 4.50. The Balaban J connectivity index is 2.10. The lowest BCUT2D eigenvalue weighted by molar-refractivity contribution is 0.353. The van der Waals surface area contributed by atoms with Gasteiger partial charge in [-0.1, -0.05) is 22.9 Å². The number of rotatable bonds is 5. The van der Waals surface area contributed by atoms with E-state index in [0.29, 0.717) is 0 Å². The number of benzene rings is 1. The van der Waals surface area contributed by atoms with Gasteiger partial charge in [0.1, 0.15) is 5.75 Å². The van der Waals surface area contributed by atoms with Crippen molar-refractivity contribution in [2.75, 3.05) is 18.1 Å². The van der Waals surface area contributed by atoms with E-state index in [1.165, 1.54) is 11.1 Å². The highest BCUT2D eigenvalue weighted by molar-refractivity contribution is 9.10. The molecule has 2 rings (SSSR count). The maximum absolute atomic E-state index is 6.14. The molecule has 17 heavy (non-hydrogen) atoms. The normalized spacial score (nSPS) is 15.5. The largest absolute Gasteiger partial charge is 0.493 e. The van der Waals surface area contributed by atoms with Crippen LogP contribution >= 0.6 is 27.7 Å². The summed E-state index contributed by atoms with van der Waals surface area (Å²) in [6.45, 7) is 2.97. The lowest BCUT2D eigenvalue weighted by atomic mass is 10.0. The molecule has 4 heteroatoms. The van der Waals surface area contributed by atoms with E-state index in [1.807, 2.05) is 11.8 Å². The topological polar surface area (TPSA) is 35.2 Å². The summed E-state index contributed by atoms with van der Waals surface area (Å²) in [5.41, 5.74) is 8.70. The summed E-state index contributed by atoms with van der Waals surface area (Å²) < 4.78 is 6.84. The van der Waals surface area contributed by atoms with Gasteiger partial charge in [0.2, 0.25) is 0 Å². The third-order valence-electron chi connectivity index (χ3n) is 2.84. The van der Waals surface area contributed by atoms with Crippen LogP contribution in [0.3, 0.4) is 0 Å². The van der Waals surface area contributed by atoms with Gasteiger partial charge in [0.05, 0.1) is 6.61 Å². The summed E-state index contributed by atoms with van der Waals surface area (Å²) in [6.07, 6.45) is 1.91. The van der Waals surface area contributed by atoms with Crippen molar-refractivity contribution >= 4 is 27.7 Å². The van der Waals surface area contributed by atoms with Crippen LogP contribution in [0.25, 0.3) is 0 Å². The van der Waals surface area contributed by atoms with Crippen LogP contribution in [0.15, 0.2) is 16.6 Å². The molecule has 0 aromatic heterocycles. The molecule has 2 nitrogen and oxygen atoms in total. The summed E-state index contributed by atoms with van der Waals surface area (Å²) in [7, 11) is 0. The van der Waals surface area contributed by atoms with Crippen molar-refractivity contribution in [3.8, 4) is 5.75 Å². The molecular weight excluding hydrogens is 298 g/mol. The SMILES string of the molecule is CCSCC(N)Cc1cc(Br)cc2c1OCC2. The molecular formula is C13H18BrNOS. The van der Waals surface area contributed by atoms with Gasteiger partial charge in [-0.15, -0.1) is 0 Å². The molecule has 1 aromatic rings. The first kappa shape index (κ1) is 13.2. The highest BCUT2D eigenvalue weighted by atomic mass is 79.9. The molecule has 0 radical (unpaired) electrons. The van der Waals surface area contributed by atoms with Crippen LogP contribution in [-0.4, -0.2) is 24.2 Å². The van der Waals surface area contributed by atoms with Gasteiger partial charge >= 0.3 is 0 Å². The molecule has 1 aromatic carbocycles. The Hall–Kier alpha value is -0.190. The minimum Gasteiger partial charge on any atom is -0.493 e. The molecule has 0 fully saturated rings. The van der Waals surface area contributed by atoms with Crippen molar-refractivity contribution in [2.45, 2.75) is 25.8 Å². The van der Waals surface area contributed by atoms with Gasteiger partial charge in [-0.2, -0.15) is 11.8 Å². The van der Waals surface area contributed by atoms with Crippen molar-refractivity contribution < 1.29 is 4.74 Å². The second-order valence-corrected chi connectivity index (χ2v) is 6.51. The Labute approximate surface area is 115 Å². The van der Waals surface area contributed by atoms with Gasteiger partial charge in [-0.25, -0.2) is 0 Å². The molecule has 1 aliphatic heterocycles. The second kappa shape index (κ2) is 6.12. The smallest absolute Gasteiger partial charge is 0.125 e. The van der Waals surface area contributed by atoms with E-state index in [2.05, 4.69) is 35.0 Å². The van der Waals surface area contributed by atoms with Gasteiger partial charge in [-0.05, 0) is 35.4 Å². The van der Waals surface area contributed by atoms with Gasteiger partial charge in [0, 0.05) is 22.7 Å². The zero-order valence-corrected chi connectivity index (χ0v) is 12.4. The summed E-state index contributed by atoms with van der Waals surface area (Å²) in [4.78, 5) is 0. The Kier molecular flexibility index (Phi) is 4.77. The minimum atomic E-state index is 0.211. The van der Waals surface area contributed by atoms with Gasteiger partial charge < -0.3 is 10.5 Å². The molecule has 0 saturated heterocycles. The predicted octanol–water partition coefficient (Wildman–Crippen LogP) is 3.01. The lowest BCUT2D eigenvalue weighted by Crippen LogP contribution is -2.25. The number of thioether (sulfide) groups is 1. The van der Waals surface area contributed by atoms with E-state index in [0.717, 1.165) is 41.2 Å². The quantitative estimate of drug-likeness (QED) is 0.907. The molecule has 1 atom stereocenters. The monoisotopic (exact) mass is 315 g/mol. The number of ether oxygens (including phenoxy) is 1. The van der Waals surface area contributed by atoms with Gasteiger partial charge in [0.15, 0.2) is 0 Å². The molecule has 1 unspecified atom stereocenters. The van der Waals surface area contributed by atoms with E-state index >= 15 is 0 Å². The Bertz CT molecular complexity index is 397. The van der Waals surface area contributed by atoms with Crippen LogP contribution in [0.2, 0.25) is 0 Å². The molecule has 2 N–H and O–H groups in total. The molecule has 1 aliphatic rings. The van der Waals surface area contributed by atoms with Crippen LogP contribution < -0.4 is 10.5 Å². The van der Waals surface area contributed by atoms with Crippen molar-refractivity contribution in [3.05, 3.63) is 27.7 Å². The van der Waals surface area contributed by atoms with E-state index in [-0.39, 0.29) is 6.04 Å². The zero-order valence-electron chi connectivity index (χ0n) is 10.0. The summed E-state index contributed by atoms with van der Waals surface area (Å²) in [5, 5.41) is 0. The number of nitrogens with two attached hydrogens (primary N) is 1. The zero-order chi connectivity index (χ0) is 12.3. The second-order valence-electron chi connectivity index (χ2n) is 4.28. The van der Waals surface area contributed by atoms with E-state index in [4.69, 9.17) is 10.5 Å². The average Bonchev–Trinajstić information content (AvgIpc) is 2.74. The molecule has 0 saturated carbocycles. The number of halogens is 1. The highest BCUT2D eigenvalue weighted by Crippen LogP contribution is 2.33. The van der Waals surface area contributed by atoms with E-state index in [1.54, 1.807) is 0 Å². The summed E-state index contributed by atoms with van der Waals surface area (Å²) in [5.74, 6) is 3.21. The van der Waals surface area contributed by atoms with Crippen LogP contribution in [-0.2, 0) is 12.8 Å². The maximum Gasteiger partial charge on any atom is 0.125 e. The number of hydrogen-bond acceptors (Lipinski definition) is 3. The molecule has 1 heterocycles.